The zero-order valence-corrected chi connectivity index (χ0v) is 9.77. The number of hydrogen-bond acceptors (Lipinski definition) is 4. The third kappa shape index (κ3) is 3.67. The number of hydrogen-bond donors (Lipinski definition) is 2. The lowest BCUT2D eigenvalue weighted by atomic mass is 10.1. The fourth-order valence-corrected chi connectivity index (χ4v) is 2.26. The zero-order valence-electron chi connectivity index (χ0n) is 8.95. The van der Waals surface area contributed by atoms with Gasteiger partial charge in [0.2, 0.25) is 0 Å². The molecule has 1 unspecified atom stereocenters. The summed E-state index contributed by atoms with van der Waals surface area (Å²) in [5.74, 6) is 1.67. The number of nitrogens with one attached hydrogen (secondary N) is 2. The van der Waals surface area contributed by atoms with E-state index >= 15 is 0 Å². The Hall–Kier alpha value is -0.550. The van der Waals surface area contributed by atoms with Crippen molar-refractivity contribution in [2.24, 2.45) is 5.92 Å². The van der Waals surface area contributed by atoms with Crippen LogP contribution in [0.15, 0.2) is 11.5 Å². The van der Waals surface area contributed by atoms with Gasteiger partial charge in [0.05, 0.1) is 0 Å². The standard InChI is InChI=1S/C9H18N4S/c1-4-10-8(7(2)3)5-14-9-11-6-12-13-9/h6-8,10H,4-5H2,1-3H3,(H,11,12,13). The highest BCUT2D eigenvalue weighted by molar-refractivity contribution is 7.99. The lowest BCUT2D eigenvalue weighted by Gasteiger charge is -2.20. The van der Waals surface area contributed by atoms with Crippen LogP contribution in [0.25, 0.3) is 0 Å². The minimum absolute atomic E-state index is 0.537. The molecule has 0 aliphatic rings. The molecule has 80 valence electrons. The lowest BCUT2D eigenvalue weighted by molar-refractivity contribution is 0.443. The van der Waals surface area contributed by atoms with Crippen molar-refractivity contribution >= 4 is 11.8 Å². The minimum atomic E-state index is 0.537. The molecule has 5 heteroatoms. The predicted molar refractivity (Wildman–Crippen MR) is 59.4 cm³/mol. The Labute approximate surface area is 89.3 Å². The van der Waals surface area contributed by atoms with Crippen molar-refractivity contribution in [3.8, 4) is 0 Å². The number of rotatable bonds is 6. The summed E-state index contributed by atoms with van der Waals surface area (Å²) in [5.41, 5.74) is 0. The summed E-state index contributed by atoms with van der Waals surface area (Å²) in [5, 5.41) is 11.0. The van der Waals surface area contributed by atoms with Crippen molar-refractivity contribution in [2.75, 3.05) is 12.3 Å². The Bertz CT molecular complexity index is 235. The van der Waals surface area contributed by atoms with Crippen molar-refractivity contribution in [3.63, 3.8) is 0 Å². The second-order valence-electron chi connectivity index (χ2n) is 3.51. The number of aromatic amines is 1. The molecule has 1 atom stereocenters. The molecule has 1 rings (SSSR count). The van der Waals surface area contributed by atoms with Gasteiger partial charge in [-0.05, 0) is 12.5 Å². The third-order valence-corrected chi connectivity index (χ3v) is 3.06. The van der Waals surface area contributed by atoms with Crippen molar-refractivity contribution in [1.82, 2.24) is 20.5 Å². The quantitative estimate of drug-likeness (QED) is 0.705. The first kappa shape index (κ1) is 11.5. The van der Waals surface area contributed by atoms with Crippen LogP contribution in [0, 0.1) is 5.92 Å². The van der Waals surface area contributed by atoms with Gasteiger partial charge in [0.1, 0.15) is 6.33 Å². The normalized spacial score (nSPS) is 13.4. The van der Waals surface area contributed by atoms with E-state index < -0.39 is 0 Å². The van der Waals surface area contributed by atoms with Crippen molar-refractivity contribution < 1.29 is 0 Å². The lowest BCUT2D eigenvalue weighted by Crippen LogP contribution is -2.35. The summed E-state index contributed by atoms with van der Waals surface area (Å²) in [7, 11) is 0. The highest BCUT2D eigenvalue weighted by Gasteiger charge is 2.12. The molecule has 1 aromatic rings. The number of H-pyrrole nitrogens is 1. The highest BCUT2D eigenvalue weighted by Crippen LogP contribution is 2.15. The van der Waals surface area contributed by atoms with Gasteiger partial charge in [0.25, 0.3) is 0 Å². The number of nitrogens with zero attached hydrogens (tertiary/aromatic N) is 2. The van der Waals surface area contributed by atoms with Gasteiger partial charge >= 0.3 is 0 Å². The van der Waals surface area contributed by atoms with Gasteiger partial charge in [-0.25, -0.2) is 4.98 Å². The minimum Gasteiger partial charge on any atom is -0.313 e. The Balaban J connectivity index is 2.33. The largest absolute Gasteiger partial charge is 0.313 e. The monoisotopic (exact) mass is 214 g/mol. The van der Waals surface area contributed by atoms with Gasteiger partial charge in [0, 0.05) is 11.8 Å². The molecule has 1 heterocycles. The van der Waals surface area contributed by atoms with Crippen LogP contribution in [0.1, 0.15) is 20.8 Å². The maximum absolute atomic E-state index is 4.08. The third-order valence-electron chi connectivity index (χ3n) is 2.06. The van der Waals surface area contributed by atoms with Crippen LogP contribution >= 0.6 is 11.8 Å². The van der Waals surface area contributed by atoms with E-state index in [2.05, 4.69) is 41.3 Å². The van der Waals surface area contributed by atoms with Crippen LogP contribution in [0.4, 0.5) is 0 Å². The van der Waals surface area contributed by atoms with E-state index in [0.29, 0.717) is 12.0 Å². The Morgan fingerprint density at radius 2 is 2.36 bits per heavy atom. The van der Waals surface area contributed by atoms with E-state index in [4.69, 9.17) is 0 Å². The molecule has 0 aliphatic heterocycles. The average molecular weight is 214 g/mol. The van der Waals surface area contributed by atoms with Gasteiger partial charge in [-0.2, -0.15) is 5.10 Å². The van der Waals surface area contributed by atoms with Crippen LogP contribution in [-0.2, 0) is 0 Å². The molecule has 0 radical (unpaired) electrons. The smallest absolute Gasteiger partial charge is 0.183 e. The molecular weight excluding hydrogens is 196 g/mol. The second kappa shape index (κ2) is 6.03. The summed E-state index contributed by atoms with van der Waals surface area (Å²) in [6.45, 7) is 7.61. The van der Waals surface area contributed by atoms with Crippen LogP contribution in [0.3, 0.4) is 0 Å². The molecule has 0 amide bonds. The molecule has 0 aromatic carbocycles. The van der Waals surface area contributed by atoms with Gasteiger partial charge in [0.15, 0.2) is 5.16 Å². The van der Waals surface area contributed by atoms with Gasteiger partial charge < -0.3 is 5.32 Å². The molecule has 2 N–H and O–H groups in total. The van der Waals surface area contributed by atoms with Gasteiger partial charge in [-0.1, -0.05) is 32.5 Å². The Morgan fingerprint density at radius 1 is 1.57 bits per heavy atom. The first-order valence-corrected chi connectivity index (χ1v) is 5.94. The fraction of sp³-hybridized carbons (Fsp3) is 0.778. The van der Waals surface area contributed by atoms with Crippen molar-refractivity contribution in [3.05, 3.63) is 6.33 Å². The summed E-state index contributed by atoms with van der Waals surface area (Å²) in [6.07, 6.45) is 1.54. The molecule has 0 saturated heterocycles. The highest BCUT2D eigenvalue weighted by atomic mass is 32.2. The molecule has 0 fully saturated rings. The molecule has 0 bridgehead atoms. The summed E-state index contributed by atoms with van der Waals surface area (Å²) < 4.78 is 0. The number of thioether (sulfide) groups is 1. The van der Waals surface area contributed by atoms with Gasteiger partial charge in [-0.3, -0.25) is 5.10 Å². The molecule has 4 nitrogen and oxygen atoms in total. The zero-order chi connectivity index (χ0) is 10.4. The predicted octanol–water partition coefficient (Wildman–Crippen LogP) is 1.53. The summed E-state index contributed by atoms with van der Waals surface area (Å²) in [4.78, 5) is 4.08. The van der Waals surface area contributed by atoms with Crippen LogP contribution < -0.4 is 5.32 Å². The second-order valence-corrected chi connectivity index (χ2v) is 4.52. The average Bonchev–Trinajstić information content (AvgIpc) is 2.64. The van der Waals surface area contributed by atoms with Crippen molar-refractivity contribution in [1.29, 1.82) is 0 Å². The summed E-state index contributed by atoms with van der Waals surface area (Å²) >= 11 is 1.71. The van der Waals surface area contributed by atoms with Crippen LogP contribution in [-0.4, -0.2) is 33.5 Å². The Kier molecular flexibility index (Phi) is 4.97. The molecule has 1 aromatic heterocycles. The molecule has 0 saturated carbocycles. The fourth-order valence-electron chi connectivity index (χ4n) is 1.18. The molecule has 0 aliphatic carbocycles. The Morgan fingerprint density at radius 3 is 2.86 bits per heavy atom. The van der Waals surface area contributed by atoms with E-state index in [9.17, 15) is 0 Å². The SMILES string of the molecule is CCNC(CSc1ncn[nH]1)C(C)C. The summed E-state index contributed by atoms with van der Waals surface area (Å²) in [6, 6.07) is 0.537. The van der Waals surface area contributed by atoms with Crippen LogP contribution in [0.5, 0.6) is 0 Å². The van der Waals surface area contributed by atoms with E-state index in [-0.39, 0.29) is 0 Å². The topological polar surface area (TPSA) is 53.6 Å². The van der Waals surface area contributed by atoms with Crippen molar-refractivity contribution in [2.45, 2.75) is 32.0 Å². The van der Waals surface area contributed by atoms with E-state index in [1.807, 2.05) is 0 Å². The maximum atomic E-state index is 4.08. The van der Waals surface area contributed by atoms with Crippen LogP contribution in [0.2, 0.25) is 0 Å². The van der Waals surface area contributed by atoms with E-state index in [1.54, 1.807) is 18.1 Å². The maximum Gasteiger partial charge on any atom is 0.183 e. The molecule has 14 heavy (non-hydrogen) atoms. The molecular formula is C9H18N4S. The number of aromatic nitrogens is 3. The van der Waals surface area contributed by atoms with E-state index in [1.165, 1.54) is 0 Å². The van der Waals surface area contributed by atoms with E-state index in [0.717, 1.165) is 17.5 Å². The first-order valence-electron chi connectivity index (χ1n) is 4.95. The first-order chi connectivity index (χ1) is 6.74. The molecule has 0 spiro atoms. The van der Waals surface area contributed by atoms with Gasteiger partial charge in [-0.15, -0.1) is 0 Å².